The van der Waals surface area contributed by atoms with E-state index < -0.39 is 0 Å². The molecular formula is C23H25NO. The van der Waals surface area contributed by atoms with Gasteiger partial charge in [-0.2, -0.15) is 0 Å². The minimum absolute atomic E-state index is 0.410. The maximum atomic E-state index is 5.82. The van der Waals surface area contributed by atoms with Gasteiger partial charge in [0.2, 0.25) is 0 Å². The van der Waals surface area contributed by atoms with Gasteiger partial charge in [0.05, 0.1) is 19.3 Å². The molecule has 2 aromatic rings. The van der Waals surface area contributed by atoms with E-state index in [1.165, 1.54) is 11.1 Å². The third-order valence-electron chi connectivity index (χ3n) is 5.12. The first kappa shape index (κ1) is 16.3. The maximum absolute atomic E-state index is 5.82. The minimum atomic E-state index is 0.410. The van der Waals surface area contributed by atoms with E-state index in [0.29, 0.717) is 12.1 Å². The number of rotatable bonds is 5. The van der Waals surface area contributed by atoms with Crippen molar-refractivity contribution in [3.05, 3.63) is 89.5 Å². The Bertz CT molecular complexity index is 735. The number of hydrogen-bond donors (Lipinski definition) is 0. The van der Waals surface area contributed by atoms with E-state index in [1.807, 2.05) is 0 Å². The summed E-state index contributed by atoms with van der Waals surface area (Å²) < 4.78 is 5.82. The van der Waals surface area contributed by atoms with Crippen molar-refractivity contribution in [2.45, 2.75) is 31.5 Å². The molecule has 0 amide bonds. The average molecular weight is 331 g/mol. The summed E-state index contributed by atoms with van der Waals surface area (Å²) in [6.07, 6.45) is 9.12. The Morgan fingerprint density at radius 2 is 1.72 bits per heavy atom. The first-order valence-corrected chi connectivity index (χ1v) is 9.17. The van der Waals surface area contributed by atoms with Gasteiger partial charge in [-0.3, -0.25) is 4.90 Å². The average Bonchev–Trinajstić information content (AvgIpc) is 2.64. The zero-order valence-electron chi connectivity index (χ0n) is 14.6. The molecule has 2 heterocycles. The van der Waals surface area contributed by atoms with Crippen LogP contribution in [0.15, 0.2) is 78.4 Å². The van der Waals surface area contributed by atoms with E-state index in [-0.39, 0.29) is 0 Å². The lowest BCUT2D eigenvalue weighted by Gasteiger charge is -2.44. The van der Waals surface area contributed by atoms with Crippen LogP contribution in [0.1, 0.15) is 24.0 Å². The molecule has 0 radical (unpaired) electrons. The molecule has 2 bridgehead atoms. The standard InChI is InChI=1S/C23H25NO/c1-3-8-19(9-4-1)12-7-13-21-14-22-17-25-18-23(15-21)24(22)16-20-10-5-2-6-11-20/h1-12,14,22-23H,13,15-18H2/b12-7+. The molecular weight excluding hydrogens is 306 g/mol. The van der Waals surface area contributed by atoms with Crippen molar-refractivity contribution in [3.63, 3.8) is 0 Å². The van der Waals surface area contributed by atoms with E-state index in [2.05, 4.69) is 83.8 Å². The molecule has 0 aromatic heterocycles. The molecule has 2 nitrogen and oxygen atoms in total. The molecule has 1 saturated heterocycles. The van der Waals surface area contributed by atoms with Crippen molar-refractivity contribution in [2.75, 3.05) is 13.2 Å². The highest BCUT2D eigenvalue weighted by Crippen LogP contribution is 2.30. The molecule has 2 aliphatic rings. The third-order valence-corrected chi connectivity index (χ3v) is 5.12. The molecule has 0 aliphatic carbocycles. The van der Waals surface area contributed by atoms with E-state index in [1.54, 1.807) is 5.57 Å². The third kappa shape index (κ3) is 4.09. The summed E-state index contributed by atoms with van der Waals surface area (Å²) in [6.45, 7) is 2.68. The van der Waals surface area contributed by atoms with Crippen LogP contribution in [-0.2, 0) is 11.3 Å². The van der Waals surface area contributed by atoms with E-state index >= 15 is 0 Å². The van der Waals surface area contributed by atoms with Crippen LogP contribution < -0.4 is 0 Å². The summed E-state index contributed by atoms with van der Waals surface area (Å²) in [6, 6.07) is 22.2. The Morgan fingerprint density at radius 1 is 0.960 bits per heavy atom. The van der Waals surface area contributed by atoms with E-state index in [9.17, 15) is 0 Å². The van der Waals surface area contributed by atoms with E-state index in [0.717, 1.165) is 32.6 Å². The molecule has 2 aliphatic heterocycles. The van der Waals surface area contributed by atoms with Gasteiger partial charge in [0.1, 0.15) is 0 Å². The topological polar surface area (TPSA) is 12.5 Å². The van der Waals surface area contributed by atoms with Gasteiger partial charge in [-0.25, -0.2) is 0 Å². The number of hydrogen-bond acceptors (Lipinski definition) is 2. The number of morpholine rings is 1. The van der Waals surface area contributed by atoms with Gasteiger partial charge in [0.15, 0.2) is 0 Å². The van der Waals surface area contributed by atoms with Crippen molar-refractivity contribution in [2.24, 2.45) is 0 Å². The number of fused-ring (bicyclic) bond motifs is 2. The fourth-order valence-corrected chi connectivity index (χ4v) is 3.85. The molecule has 0 spiro atoms. The zero-order valence-corrected chi connectivity index (χ0v) is 14.6. The summed E-state index contributed by atoms with van der Waals surface area (Å²) in [5.41, 5.74) is 4.21. The highest BCUT2D eigenvalue weighted by molar-refractivity contribution is 5.49. The van der Waals surface area contributed by atoms with Crippen molar-refractivity contribution in [1.82, 2.24) is 4.90 Å². The van der Waals surface area contributed by atoms with Crippen LogP contribution in [0.25, 0.3) is 6.08 Å². The van der Waals surface area contributed by atoms with Gasteiger partial charge in [-0.05, 0) is 24.0 Å². The number of benzene rings is 2. The lowest BCUT2D eigenvalue weighted by molar-refractivity contribution is -0.0440. The van der Waals surface area contributed by atoms with Crippen LogP contribution >= 0.6 is 0 Å². The first-order chi connectivity index (χ1) is 12.4. The molecule has 0 N–H and O–H groups in total. The zero-order chi connectivity index (χ0) is 16.9. The molecule has 2 atom stereocenters. The summed E-state index contributed by atoms with van der Waals surface area (Å²) in [7, 11) is 0. The first-order valence-electron chi connectivity index (χ1n) is 9.17. The summed E-state index contributed by atoms with van der Waals surface area (Å²) in [5, 5.41) is 0. The van der Waals surface area contributed by atoms with Crippen LogP contribution in [0.2, 0.25) is 0 Å². The molecule has 0 saturated carbocycles. The van der Waals surface area contributed by atoms with Crippen molar-refractivity contribution < 1.29 is 4.74 Å². The van der Waals surface area contributed by atoms with Crippen LogP contribution in [0.5, 0.6) is 0 Å². The quantitative estimate of drug-likeness (QED) is 0.737. The van der Waals surface area contributed by atoms with Crippen LogP contribution in [0, 0.1) is 0 Å². The van der Waals surface area contributed by atoms with Crippen molar-refractivity contribution >= 4 is 6.08 Å². The smallest absolute Gasteiger partial charge is 0.0658 e. The highest BCUT2D eigenvalue weighted by Gasteiger charge is 2.34. The highest BCUT2D eigenvalue weighted by atomic mass is 16.5. The summed E-state index contributed by atoms with van der Waals surface area (Å²) in [5.74, 6) is 0. The number of ether oxygens (including phenoxy) is 1. The van der Waals surface area contributed by atoms with E-state index in [4.69, 9.17) is 4.74 Å². The van der Waals surface area contributed by atoms with Gasteiger partial charge in [-0.15, -0.1) is 0 Å². The Balaban J connectivity index is 1.43. The summed E-state index contributed by atoms with van der Waals surface area (Å²) in [4.78, 5) is 2.61. The number of nitrogens with zero attached hydrogens (tertiary/aromatic N) is 1. The maximum Gasteiger partial charge on any atom is 0.0658 e. The lowest BCUT2D eigenvalue weighted by atomic mass is 9.91. The monoisotopic (exact) mass is 331 g/mol. The van der Waals surface area contributed by atoms with Crippen molar-refractivity contribution in [1.29, 1.82) is 0 Å². The Hall–Kier alpha value is -2.16. The Kier molecular flexibility index (Phi) is 5.10. The van der Waals surface area contributed by atoms with Gasteiger partial charge < -0.3 is 4.74 Å². The fraction of sp³-hybridized carbons (Fsp3) is 0.304. The summed E-state index contributed by atoms with van der Waals surface area (Å²) >= 11 is 0. The predicted octanol–water partition coefficient (Wildman–Crippen LogP) is 4.69. The number of allylic oxidation sites excluding steroid dienone is 1. The van der Waals surface area contributed by atoms with Gasteiger partial charge in [-0.1, -0.05) is 84.5 Å². The normalized spacial score (nSPS) is 23.6. The largest absolute Gasteiger partial charge is 0.378 e. The molecule has 2 aromatic carbocycles. The Labute approximate surface area is 150 Å². The fourth-order valence-electron chi connectivity index (χ4n) is 3.85. The van der Waals surface area contributed by atoms with Crippen LogP contribution in [-0.4, -0.2) is 30.2 Å². The van der Waals surface area contributed by atoms with Gasteiger partial charge >= 0.3 is 0 Å². The second kappa shape index (κ2) is 7.81. The second-order valence-electron chi connectivity index (χ2n) is 6.96. The molecule has 25 heavy (non-hydrogen) atoms. The predicted molar refractivity (Wildman–Crippen MR) is 103 cm³/mol. The second-order valence-corrected chi connectivity index (χ2v) is 6.96. The van der Waals surface area contributed by atoms with Gasteiger partial charge in [0.25, 0.3) is 0 Å². The SMILES string of the molecule is C1=C(C/C=C/c2ccccc2)CC2COCC1N2Cc1ccccc1. The molecule has 4 rings (SSSR count). The molecule has 2 heteroatoms. The van der Waals surface area contributed by atoms with Crippen molar-refractivity contribution in [3.8, 4) is 0 Å². The minimum Gasteiger partial charge on any atom is -0.378 e. The molecule has 128 valence electrons. The Morgan fingerprint density at radius 3 is 2.48 bits per heavy atom. The van der Waals surface area contributed by atoms with Gasteiger partial charge in [0, 0.05) is 12.6 Å². The van der Waals surface area contributed by atoms with Crippen LogP contribution in [0.4, 0.5) is 0 Å². The molecule has 1 fully saturated rings. The van der Waals surface area contributed by atoms with Crippen LogP contribution in [0.3, 0.4) is 0 Å². The lowest BCUT2D eigenvalue weighted by Crippen LogP contribution is -2.53. The molecule has 2 unspecified atom stereocenters.